The molecule has 1 N–H and O–H groups in total. The number of aromatic nitrogens is 3. The van der Waals surface area contributed by atoms with E-state index in [0.717, 1.165) is 59.9 Å². The van der Waals surface area contributed by atoms with E-state index in [4.69, 9.17) is 11.6 Å². The zero-order valence-electron chi connectivity index (χ0n) is 15.9. The molecular formula is C21H21ClN6. The minimum Gasteiger partial charge on any atom is -0.381 e. The fraction of sp³-hybridized carbons (Fsp3) is 0.333. The van der Waals surface area contributed by atoms with Crippen molar-refractivity contribution < 1.29 is 0 Å². The van der Waals surface area contributed by atoms with E-state index in [1.54, 1.807) is 6.20 Å². The SMILES string of the molecule is Cc1cc(N2CCC(Nc3c(C#N)cnc4ccc(Cl)cc34)CC2)nc(C)n1. The lowest BCUT2D eigenvalue weighted by molar-refractivity contribution is 0.523. The zero-order chi connectivity index (χ0) is 19.7. The van der Waals surface area contributed by atoms with E-state index in [1.807, 2.05) is 38.1 Å². The Bertz CT molecular complexity index is 1050. The third-order valence-corrected chi connectivity index (χ3v) is 5.31. The van der Waals surface area contributed by atoms with Gasteiger partial charge >= 0.3 is 0 Å². The summed E-state index contributed by atoms with van der Waals surface area (Å²) < 4.78 is 0. The minimum absolute atomic E-state index is 0.275. The highest BCUT2D eigenvalue weighted by Gasteiger charge is 2.22. The standard InChI is InChI=1S/C21H21ClN6/c1-13-9-20(26-14(2)25-13)28-7-5-17(6-8-28)27-21-15(11-23)12-24-19-4-3-16(22)10-18(19)21/h3-4,9-10,12,17H,5-8H2,1-2H3,(H,24,27). The van der Waals surface area contributed by atoms with Crippen LogP contribution in [-0.2, 0) is 0 Å². The van der Waals surface area contributed by atoms with Gasteiger partial charge < -0.3 is 10.2 Å². The molecule has 0 atom stereocenters. The average molecular weight is 393 g/mol. The van der Waals surface area contributed by atoms with Crippen molar-refractivity contribution in [3.63, 3.8) is 0 Å². The molecule has 0 aliphatic carbocycles. The lowest BCUT2D eigenvalue weighted by Crippen LogP contribution is -2.39. The molecular weight excluding hydrogens is 372 g/mol. The summed E-state index contributed by atoms with van der Waals surface area (Å²) in [6.07, 6.45) is 3.54. The predicted molar refractivity (Wildman–Crippen MR) is 112 cm³/mol. The number of nitriles is 1. The Labute approximate surface area is 169 Å². The van der Waals surface area contributed by atoms with Gasteiger partial charge in [-0.15, -0.1) is 0 Å². The second kappa shape index (κ2) is 7.61. The van der Waals surface area contributed by atoms with Crippen molar-refractivity contribution in [3.05, 3.63) is 52.6 Å². The van der Waals surface area contributed by atoms with Gasteiger partial charge in [0.15, 0.2) is 0 Å². The Hall–Kier alpha value is -2.91. The maximum atomic E-state index is 9.53. The number of fused-ring (bicyclic) bond motifs is 1. The molecule has 0 amide bonds. The van der Waals surface area contributed by atoms with E-state index in [9.17, 15) is 5.26 Å². The van der Waals surface area contributed by atoms with Crippen LogP contribution in [-0.4, -0.2) is 34.1 Å². The molecule has 0 bridgehead atoms. The van der Waals surface area contributed by atoms with Crippen LogP contribution in [0.4, 0.5) is 11.5 Å². The number of pyridine rings is 1. The highest BCUT2D eigenvalue weighted by molar-refractivity contribution is 6.31. The lowest BCUT2D eigenvalue weighted by Gasteiger charge is -2.34. The number of rotatable bonds is 3. The van der Waals surface area contributed by atoms with Gasteiger partial charge in [-0.2, -0.15) is 5.26 Å². The maximum Gasteiger partial charge on any atom is 0.132 e. The minimum atomic E-state index is 0.275. The van der Waals surface area contributed by atoms with Crippen LogP contribution in [0.25, 0.3) is 10.9 Å². The summed E-state index contributed by atoms with van der Waals surface area (Å²) in [6.45, 7) is 5.72. The second-order valence-electron chi connectivity index (χ2n) is 7.14. The molecule has 2 aromatic heterocycles. The van der Waals surface area contributed by atoms with E-state index in [0.29, 0.717) is 10.6 Å². The molecule has 4 rings (SSSR count). The number of anilines is 2. The van der Waals surface area contributed by atoms with E-state index in [-0.39, 0.29) is 6.04 Å². The fourth-order valence-corrected chi connectivity index (χ4v) is 3.89. The van der Waals surface area contributed by atoms with Gasteiger partial charge in [0.25, 0.3) is 0 Å². The van der Waals surface area contributed by atoms with Crippen molar-refractivity contribution in [2.45, 2.75) is 32.7 Å². The highest BCUT2D eigenvalue weighted by Crippen LogP contribution is 2.30. The van der Waals surface area contributed by atoms with Crippen molar-refractivity contribution in [1.82, 2.24) is 15.0 Å². The van der Waals surface area contributed by atoms with Gasteiger partial charge in [-0.05, 0) is 44.9 Å². The summed E-state index contributed by atoms with van der Waals surface area (Å²) in [7, 11) is 0. The average Bonchev–Trinajstić information content (AvgIpc) is 2.68. The Morgan fingerprint density at radius 1 is 1.18 bits per heavy atom. The van der Waals surface area contributed by atoms with Gasteiger partial charge in [0, 0.05) is 47.5 Å². The first-order chi connectivity index (χ1) is 13.5. The first-order valence-electron chi connectivity index (χ1n) is 9.35. The third kappa shape index (κ3) is 3.71. The molecule has 1 aliphatic rings. The van der Waals surface area contributed by atoms with Crippen molar-refractivity contribution >= 4 is 34.0 Å². The predicted octanol–water partition coefficient (Wildman–Crippen LogP) is 4.25. The first kappa shape index (κ1) is 18.5. The van der Waals surface area contributed by atoms with Crippen LogP contribution in [0, 0.1) is 25.2 Å². The molecule has 0 radical (unpaired) electrons. The van der Waals surface area contributed by atoms with Crippen LogP contribution in [0.1, 0.15) is 29.9 Å². The van der Waals surface area contributed by atoms with Crippen molar-refractivity contribution in [1.29, 1.82) is 5.26 Å². The molecule has 3 aromatic rings. The van der Waals surface area contributed by atoms with Gasteiger partial charge in [0.05, 0.1) is 16.8 Å². The topological polar surface area (TPSA) is 77.7 Å². The second-order valence-corrected chi connectivity index (χ2v) is 7.58. The van der Waals surface area contributed by atoms with Crippen molar-refractivity contribution in [3.8, 4) is 6.07 Å². The summed E-state index contributed by atoms with van der Waals surface area (Å²) in [5.74, 6) is 1.79. The van der Waals surface area contributed by atoms with Crippen LogP contribution in [0.2, 0.25) is 5.02 Å². The molecule has 0 unspecified atom stereocenters. The number of nitrogens with one attached hydrogen (secondary N) is 1. The van der Waals surface area contributed by atoms with Crippen molar-refractivity contribution in [2.75, 3.05) is 23.3 Å². The Morgan fingerprint density at radius 3 is 2.68 bits per heavy atom. The van der Waals surface area contributed by atoms with Crippen molar-refractivity contribution in [2.24, 2.45) is 0 Å². The molecule has 28 heavy (non-hydrogen) atoms. The lowest BCUT2D eigenvalue weighted by atomic mass is 10.0. The molecule has 6 nitrogen and oxygen atoms in total. The van der Waals surface area contributed by atoms with Crippen LogP contribution in [0.3, 0.4) is 0 Å². The highest BCUT2D eigenvalue weighted by atomic mass is 35.5. The molecule has 142 valence electrons. The number of hydrogen-bond acceptors (Lipinski definition) is 6. The zero-order valence-corrected chi connectivity index (χ0v) is 16.7. The smallest absolute Gasteiger partial charge is 0.132 e. The first-order valence-corrected chi connectivity index (χ1v) is 9.73. The quantitative estimate of drug-likeness (QED) is 0.718. The van der Waals surface area contributed by atoms with Crippen LogP contribution in [0.15, 0.2) is 30.5 Å². The Balaban J connectivity index is 1.54. The van der Waals surface area contributed by atoms with Crippen LogP contribution < -0.4 is 10.2 Å². The molecule has 1 fully saturated rings. The Kier molecular flexibility index (Phi) is 5.01. The largest absolute Gasteiger partial charge is 0.381 e. The number of benzene rings is 1. The normalized spacial score (nSPS) is 14.9. The summed E-state index contributed by atoms with van der Waals surface area (Å²) in [5.41, 5.74) is 3.18. The number of halogens is 1. The number of aryl methyl sites for hydroxylation is 2. The molecule has 0 saturated carbocycles. The monoisotopic (exact) mass is 392 g/mol. The van der Waals surface area contributed by atoms with Gasteiger partial charge in [0.1, 0.15) is 17.7 Å². The molecule has 1 aliphatic heterocycles. The number of piperidine rings is 1. The third-order valence-electron chi connectivity index (χ3n) is 5.07. The van der Waals surface area contributed by atoms with Crippen LogP contribution in [0.5, 0.6) is 0 Å². The van der Waals surface area contributed by atoms with Gasteiger partial charge in [-0.25, -0.2) is 9.97 Å². The van der Waals surface area contributed by atoms with E-state index >= 15 is 0 Å². The number of nitrogens with zero attached hydrogens (tertiary/aromatic N) is 5. The van der Waals surface area contributed by atoms with Gasteiger partial charge in [-0.1, -0.05) is 11.6 Å². The molecule has 0 spiro atoms. The number of hydrogen-bond donors (Lipinski definition) is 1. The van der Waals surface area contributed by atoms with Gasteiger partial charge in [-0.3, -0.25) is 4.98 Å². The van der Waals surface area contributed by atoms with Gasteiger partial charge in [0.2, 0.25) is 0 Å². The van der Waals surface area contributed by atoms with E-state index in [2.05, 4.69) is 31.2 Å². The molecule has 7 heteroatoms. The summed E-state index contributed by atoms with van der Waals surface area (Å²) in [4.78, 5) is 15.6. The molecule has 1 saturated heterocycles. The molecule has 3 heterocycles. The van der Waals surface area contributed by atoms with E-state index in [1.165, 1.54) is 0 Å². The maximum absolute atomic E-state index is 9.53. The summed E-state index contributed by atoms with van der Waals surface area (Å²) in [6, 6.07) is 10.1. The fourth-order valence-electron chi connectivity index (χ4n) is 3.72. The van der Waals surface area contributed by atoms with E-state index < -0.39 is 0 Å². The summed E-state index contributed by atoms with van der Waals surface area (Å²) >= 11 is 6.18. The van der Waals surface area contributed by atoms with Crippen LogP contribution >= 0.6 is 11.6 Å². The molecule has 1 aromatic carbocycles. The summed E-state index contributed by atoms with van der Waals surface area (Å²) in [5, 5.41) is 14.6. The Morgan fingerprint density at radius 2 is 1.96 bits per heavy atom.